The van der Waals surface area contributed by atoms with E-state index in [-0.39, 0.29) is 5.91 Å². The van der Waals surface area contributed by atoms with Crippen LogP contribution >= 0.6 is 0 Å². The number of carbonyl (C=O) groups excluding carboxylic acids is 1. The SMILES string of the molecule is COCCn1cc(NC(=O)C2NCCOc3ccccc32)cn1. The van der Waals surface area contributed by atoms with Gasteiger partial charge in [0.05, 0.1) is 25.0 Å². The van der Waals surface area contributed by atoms with Gasteiger partial charge in [0, 0.05) is 25.4 Å². The highest BCUT2D eigenvalue weighted by atomic mass is 16.5. The summed E-state index contributed by atoms with van der Waals surface area (Å²) >= 11 is 0. The largest absolute Gasteiger partial charge is 0.492 e. The molecule has 3 rings (SSSR count). The molecule has 2 aromatic rings. The van der Waals surface area contributed by atoms with Gasteiger partial charge in [0.25, 0.3) is 0 Å². The zero-order chi connectivity index (χ0) is 16.1. The highest BCUT2D eigenvalue weighted by Gasteiger charge is 2.25. The molecule has 122 valence electrons. The number of fused-ring (bicyclic) bond motifs is 1. The van der Waals surface area contributed by atoms with Crippen LogP contribution in [-0.4, -0.2) is 42.6 Å². The lowest BCUT2D eigenvalue weighted by Crippen LogP contribution is -2.33. The molecule has 7 nitrogen and oxygen atoms in total. The van der Waals surface area contributed by atoms with E-state index in [1.165, 1.54) is 0 Å². The number of anilines is 1. The Hall–Kier alpha value is -2.38. The number of amides is 1. The molecule has 0 saturated heterocycles. The van der Waals surface area contributed by atoms with Crippen LogP contribution in [0.5, 0.6) is 5.75 Å². The zero-order valence-electron chi connectivity index (χ0n) is 13.0. The monoisotopic (exact) mass is 316 g/mol. The average Bonchev–Trinajstić information content (AvgIpc) is 2.89. The predicted molar refractivity (Wildman–Crippen MR) is 85.4 cm³/mol. The minimum Gasteiger partial charge on any atom is -0.492 e. The van der Waals surface area contributed by atoms with Crippen LogP contribution < -0.4 is 15.4 Å². The van der Waals surface area contributed by atoms with Crippen LogP contribution in [0.1, 0.15) is 11.6 Å². The second kappa shape index (κ2) is 7.26. The van der Waals surface area contributed by atoms with Crippen molar-refractivity contribution in [1.29, 1.82) is 0 Å². The van der Waals surface area contributed by atoms with Gasteiger partial charge in [-0.2, -0.15) is 5.10 Å². The maximum Gasteiger partial charge on any atom is 0.246 e. The summed E-state index contributed by atoms with van der Waals surface area (Å²) in [5.41, 5.74) is 1.50. The number of ether oxygens (including phenoxy) is 2. The molecule has 1 aromatic heterocycles. The summed E-state index contributed by atoms with van der Waals surface area (Å²) < 4.78 is 12.4. The number of aromatic nitrogens is 2. The van der Waals surface area contributed by atoms with Gasteiger partial charge in [0.2, 0.25) is 5.91 Å². The topological polar surface area (TPSA) is 77.4 Å². The molecule has 1 unspecified atom stereocenters. The van der Waals surface area contributed by atoms with E-state index in [1.54, 1.807) is 24.2 Å². The minimum atomic E-state index is -0.448. The fraction of sp³-hybridized carbons (Fsp3) is 0.375. The van der Waals surface area contributed by atoms with Gasteiger partial charge in [0.1, 0.15) is 18.4 Å². The molecule has 1 atom stereocenters. The van der Waals surface area contributed by atoms with E-state index in [0.29, 0.717) is 32.0 Å². The number of hydrogen-bond donors (Lipinski definition) is 2. The molecule has 1 aliphatic heterocycles. The van der Waals surface area contributed by atoms with Crippen LogP contribution in [0.3, 0.4) is 0 Å². The average molecular weight is 316 g/mol. The molecule has 0 bridgehead atoms. The quantitative estimate of drug-likeness (QED) is 0.866. The fourth-order valence-corrected chi connectivity index (χ4v) is 2.51. The lowest BCUT2D eigenvalue weighted by Gasteiger charge is -2.16. The van der Waals surface area contributed by atoms with Gasteiger partial charge < -0.3 is 14.8 Å². The Bertz CT molecular complexity index is 671. The Morgan fingerprint density at radius 2 is 2.39 bits per heavy atom. The van der Waals surface area contributed by atoms with Crippen molar-refractivity contribution < 1.29 is 14.3 Å². The molecular weight excluding hydrogens is 296 g/mol. The van der Waals surface area contributed by atoms with Gasteiger partial charge in [-0.25, -0.2) is 0 Å². The van der Waals surface area contributed by atoms with Crippen molar-refractivity contribution in [3.05, 3.63) is 42.2 Å². The molecule has 0 saturated carbocycles. The Kier molecular flexibility index (Phi) is 4.89. The Labute approximate surface area is 134 Å². The standard InChI is InChI=1S/C16H20N4O3/c1-22-9-7-20-11-12(10-18-20)19-16(21)15-13-4-2-3-5-14(13)23-8-6-17-15/h2-5,10-11,15,17H,6-9H2,1H3,(H,19,21). The van der Waals surface area contributed by atoms with Gasteiger partial charge in [-0.15, -0.1) is 0 Å². The number of rotatable bonds is 5. The molecule has 0 spiro atoms. The molecule has 1 aromatic carbocycles. The van der Waals surface area contributed by atoms with Crippen LogP contribution in [0.2, 0.25) is 0 Å². The summed E-state index contributed by atoms with van der Waals surface area (Å²) in [4.78, 5) is 12.6. The third-order valence-corrected chi connectivity index (χ3v) is 3.63. The maximum atomic E-state index is 12.6. The lowest BCUT2D eigenvalue weighted by molar-refractivity contribution is -0.118. The van der Waals surface area contributed by atoms with Gasteiger partial charge in [-0.05, 0) is 6.07 Å². The number of benzene rings is 1. The van der Waals surface area contributed by atoms with Crippen LogP contribution in [0, 0.1) is 0 Å². The zero-order valence-corrected chi connectivity index (χ0v) is 13.0. The van der Waals surface area contributed by atoms with Crippen molar-refractivity contribution in [2.24, 2.45) is 0 Å². The van der Waals surface area contributed by atoms with Gasteiger partial charge in [0.15, 0.2) is 0 Å². The summed E-state index contributed by atoms with van der Waals surface area (Å²) in [7, 11) is 1.64. The number of methoxy groups -OCH3 is 1. The number of hydrogen-bond acceptors (Lipinski definition) is 5. The van der Waals surface area contributed by atoms with E-state index in [1.807, 2.05) is 24.3 Å². The molecule has 2 heterocycles. The maximum absolute atomic E-state index is 12.6. The summed E-state index contributed by atoms with van der Waals surface area (Å²) in [6, 6.07) is 7.14. The second-order valence-corrected chi connectivity index (χ2v) is 5.25. The van der Waals surface area contributed by atoms with E-state index in [2.05, 4.69) is 15.7 Å². The number of para-hydroxylation sites is 1. The van der Waals surface area contributed by atoms with Crippen molar-refractivity contribution in [3.63, 3.8) is 0 Å². The van der Waals surface area contributed by atoms with E-state index in [4.69, 9.17) is 9.47 Å². The van der Waals surface area contributed by atoms with Crippen molar-refractivity contribution >= 4 is 11.6 Å². The van der Waals surface area contributed by atoms with Crippen LogP contribution in [0.15, 0.2) is 36.7 Å². The van der Waals surface area contributed by atoms with Crippen molar-refractivity contribution in [1.82, 2.24) is 15.1 Å². The first kappa shape index (κ1) is 15.5. The normalized spacial score (nSPS) is 17.0. The Morgan fingerprint density at radius 1 is 1.52 bits per heavy atom. The molecule has 0 aliphatic carbocycles. The highest BCUT2D eigenvalue weighted by Crippen LogP contribution is 2.27. The molecule has 1 aliphatic rings. The number of carbonyl (C=O) groups is 1. The first-order chi connectivity index (χ1) is 11.3. The summed E-state index contributed by atoms with van der Waals surface area (Å²) in [5.74, 6) is 0.614. The molecule has 0 radical (unpaired) electrons. The molecule has 7 heteroatoms. The van der Waals surface area contributed by atoms with Crippen molar-refractivity contribution in [2.45, 2.75) is 12.6 Å². The van der Waals surface area contributed by atoms with Gasteiger partial charge >= 0.3 is 0 Å². The summed E-state index contributed by atoms with van der Waals surface area (Å²) in [6.07, 6.45) is 3.42. The van der Waals surface area contributed by atoms with Gasteiger partial charge in [-0.3, -0.25) is 14.8 Å². The van der Waals surface area contributed by atoms with Gasteiger partial charge in [-0.1, -0.05) is 18.2 Å². The Morgan fingerprint density at radius 3 is 3.26 bits per heavy atom. The third-order valence-electron chi connectivity index (χ3n) is 3.63. The fourth-order valence-electron chi connectivity index (χ4n) is 2.51. The van der Waals surface area contributed by atoms with Crippen LogP contribution in [0.25, 0.3) is 0 Å². The summed E-state index contributed by atoms with van der Waals surface area (Å²) in [5, 5.41) is 10.3. The second-order valence-electron chi connectivity index (χ2n) is 5.25. The molecule has 23 heavy (non-hydrogen) atoms. The Balaban J connectivity index is 1.71. The number of nitrogens with zero attached hydrogens (tertiary/aromatic N) is 2. The smallest absolute Gasteiger partial charge is 0.246 e. The van der Waals surface area contributed by atoms with E-state index in [0.717, 1.165) is 11.3 Å². The van der Waals surface area contributed by atoms with E-state index in [9.17, 15) is 4.79 Å². The molecular formula is C16H20N4O3. The molecule has 1 amide bonds. The highest BCUT2D eigenvalue weighted by molar-refractivity contribution is 5.95. The first-order valence-corrected chi connectivity index (χ1v) is 7.55. The minimum absolute atomic E-state index is 0.130. The van der Waals surface area contributed by atoms with Crippen LogP contribution in [-0.2, 0) is 16.1 Å². The van der Waals surface area contributed by atoms with Crippen molar-refractivity contribution in [3.8, 4) is 5.75 Å². The predicted octanol–water partition coefficient (Wildman–Crippen LogP) is 1.19. The van der Waals surface area contributed by atoms with E-state index < -0.39 is 6.04 Å². The van der Waals surface area contributed by atoms with Crippen LogP contribution in [0.4, 0.5) is 5.69 Å². The lowest BCUT2D eigenvalue weighted by atomic mass is 10.1. The number of nitrogens with one attached hydrogen (secondary N) is 2. The molecule has 2 N–H and O–H groups in total. The van der Waals surface area contributed by atoms with E-state index >= 15 is 0 Å². The molecule has 0 fully saturated rings. The first-order valence-electron chi connectivity index (χ1n) is 7.55. The summed E-state index contributed by atoms with van der Waals surface area (Å²) in [6.45, 7) is 2.37. The third kappa shape index (κ3) is 3.69. The van der Waals surface area contributed by atoms with Crippen molar-refractivity contribution in [2.75, 3.05) is 32.2 Å².